The summed E-state index contributed by atoms with van der Waals surface area (Å²) in [5, 5.41) is 7.14. The number of nitrogens with zero attached hydrogens (tertiary/aromatic N) is 2. The molecule has 0 unspecified atom stereocenters. The van der Waals surface area contributed by atoms with Crippen molar-refractivity contribution in [1.29, 1.82) is 0 Å². The fourth-order valence-corrected chi connectivity index (χ4v) is 9.25. The molecule has 3 nitrogen and oxygen atoms in total. The summed E-state index contributed by atoms with van der Waals surface area (Å²) in [5.41, 5.74) is 15.5. The molecule has 0 N–H and O–H groups in total. The number of aromatic nitrogens is 1. The zero-order valence-corrected chi connectivity index (χ0v) is 33.2. The molecular weight excluding hydrogens is 741 g/mol. The first-order chi connectivity index (χ1) is 30.2. The van der Waals surface area contributed by atoms with Crippen LogP contribution >= 0.6 is 0 Å². The number of para-hydroxylation sites is 3. The van der Waals surface area contributed by atoms with Crippen LogP contribution in [0.3, 0.4) is 0 Å². The predicted octanol–water partition coefficient (Wildman–Crippen LogP) is 16.3. The van der Waals surface area contributed by atoms with Gasteiger partial charge in [-0.15, -0.1) is 0 Å². The van der Waals surface area contributed by atoms with Gasteiger partial charge < -0.3 is 13.9 Å². The van der Waals surface area contributed by atoms with Gasteiger partial charge in [0.15, 0.2) is 5.58 Å². The molecule has 0 amide bonds. The largest absolute Gasteiger partial charge is 0.454 e. The third-order valence-electron chi connectivity index (χ3n) is 12.2. The second-order valence-electron chi connectivity index (χ2n) is 15.7. The van der Waals surface area contributed by atoms with Gasteiger partial charge in [-0.05, 0) is 105 Å². The zero-order valence-electron chi connectivity index (χ0n) is 33.2. The van der Waals surface area contributed by atoms with Crippen molar-refractivity contribution in [3.63, 3.8) is 0 Å². The SMILES string of the molecule is c1ccc(-c2ccc(N(c3ccc(-c4ccc(-c5ccc(-n6c7ccccc7c7ccccc76)cc5)cc4)cc3)c3cc4ccccc4c4c3oc3ccccc34)cc2)cc1. The van der Waals surface area contributed by atoms with E-state index in [1.165, 1.54) is 60.4 Å². The Morgan fingerprint density at radius 3 is 1.34 bits per heavy atom. The molecule has 2 heterocycles. The van der Waals surface area contributed by atoms with Gasteiger partial charge in [-0.2, -0.15) is 0 Å². The van der Waals surface area contributed by atoms with Gasteiger partial charge in [-0.1, -0.05) is 170 Å². The van der Waals surface area contributed by atoms with Crippen LogP contribution in [0.4, 0.5) is 17.1 Å². The highest BCUT2D eigenvalue weighted by Gasteiger charge is 2.22. The summed E-state index contributed by atoms with van der Waals surface area (Å²) >= 11 is 0. The summed E-state index contributed by atoms with van der Waals surface area (Å²) in [4.78, 5) is 2.34. The lowest BCUT2D eigenvalue weighted by Gasteiger charge is -2.26. The summed E-state index contributed by atoms with van der Waals surface area (Å²) in [6.07, 6.45) is 0. The Bertz CT molecular complexity index is 3490. The van der Waals surface area contributed by atoms with Gasteiger partial charge in [-0.3, -0.25) is 0 Å². The van der Waals surface area contributed by atoms with Gasteiger partial charge in [-0.25, -0.2) is 0 Å². The number of furan rings is 1. The molecule has 12 aromatic rings. The standard InChI is InChI=1S/C58H38N2O/c1-2-12-39(13-3-1)42-26-32-46(33-27-42)59(55-38-45-14-4-5-15-49(45)57-52-18-8-11-21-56(52)61-58(55)57)47-34-28-43(29-35-47)40-22-24-41(25-23-40)44-30-36-48(37-31-44)60-53-19-9-6-16-50(53)51-17-7-10-20-54(51)60/h1-38H. The van der Waals surface area contributed by atoms with E-state index in [2.05, 4.69) is 234 Å². The molecule has 0 spiro atoms. The second kappa shape index (κ2) is 14.3. The number of rotatable bonds is 7. The molecule has 0 bridgehead atoms. The van der Waals surface area contributed by atoms with Crippen molar-refractivity contribution >= 4 is 71.6 Å². The van der Waals surface area contributed by atoms with Crippen LogP contribution < -0.4 is 4.90 Å². The maximum absolute atomic E-state index is 6.77. The van der Waals surface area contributed by atoms with E-state index >= 15 is 0 Å². The molecule has 61 heavy (non-hydrogen) atoms. The van der Waals surface area contributed by atoms with Gasteiger partial charge in [0.05, 0.1) is 16.7 Å². The van der Waals surface area contributed by atoms with Crippen molar-refractivity contribution in [1.82, 2.24) is 4.57 Å². The Morgan fingerprint density at radius 2 is 0.770 bits per heavy atom. The number of hydrogen-bond acceptors (Lipinski definition) is 2. The van der Waals surface area contributed by atoms with Crippen LogP contribution in [0.25, 0.3) is 93.6 Å². The zero-order chi connectivity index (χ0) is 40.3. The lowest BCUT2D eigenvalue weighted by Crippen LogP contribution is -2.10. The molecule has 0 saturated carbocycles. The molecule has 0 aliphatic heterocycles. The Labute approximate surface area is 353 Å². The number of hydrogen-bond donors (Lipinski definition) is 0. The molecule has 12 rings (SSSR count). The van der Waals surface area contributed by atoms with E-state index in [4.69, 9.17) is 4.42 Å². The topological polar surface area (TPSA) is 21.3 Å². The Kier molecular flexibility index (Phi) is 8.17. The Hall–Kier alpha value is -8.14. The van der Waals surface area contributed by atoms with Gasteiger partial charge >= 0.3 is 0 Å². The smallest absolute Gasteiger partial charge is 0.160 e. The molecule has 0 aliphatic carbocycles. The van der Waals surface area contributed by atoms with E-state index in [1.54, 1.807) is 0 Å². The highest BCUT2D eigenvalue weighted by Crippen LogP contribution is 2.46. The van der Waals surface area contributed by atoms with Gasteiger partial charge in [0.2, 0.25) is 0 Å². The molecule has 2 aromatic heterocycles. The molecule has 286 valence electrons. The Balaban J connectivity index is 0.902. The molecule has 10 aromatic carbocycles. The first-order valence-corrected chi connectivity index (χ1v) is 20.8. The van der Waals surface area contributed by atoms with E-state index in [-0.39, 0.29) is 0 Å². The van der Waals surface area contributed by atoms with Crippen LogP contribution in [-0.4, -0.2) is 4.57 Å². The van der Waals surface area contributed by atoms with Crippen molar-refractivity contribution in [2.24, 2.45) is 0 Å². The monoisotopic (exact) mass is 778 g/mol. The lowest BCUT2D eigenvalue weighted by atomic mass is 9.99. The maximum atomic E-state index is 6.77. The summed E-state index contributed by atoms with van der Waals surface area (Å²) in [6, 6.07) is 82.7. The lowest BCUT2D eigenvalue weighted by molar-refractivity contribution is 0.669. The number of benzene rings is 10. The normalized spacial score (nSPS) is 11.6. The summed E-state index contributed by atoms with van der Waals surface area (Å²) < 4.78 is 9.13. The highest BCUT2D eigenvalue weighted by molar-refractivity contribution is 6.23. The molecule has 0 fully saturated rings. The summed E-state index contributed by atoms with van der Waals surface area (Å²) in [6.45, 7) is 0. The average molecular weight is 779 g/mol. The van der Waals surface area contributed by atoms with E-state index in [0.717, 1.165) is 50.3 Å². The van der Waals surface area contributed by atoms with Crippen LogP contribution in [-0.2, 0) is 0 Å². The maximum Gasteiger partial charge on any atom is 0.160 e. The molecule has 3 heteroatoms. The number of fused-ring (bicyclic) bond motifs is 8. The Morgan fingerprint density at radius 1 is 0.344 bits per heavy atom. The van der Waals surface area contributed by atoms with Crippen LogP contribution in [0.15, 0.2) is 235 Å². The van der Waals surface area contributed by atoms with E-state index in [9.17, 15) is 0 Å². The molecule has 0 aliphatic rings. The first-order valence-electron chi connectivity index (χ1n) is 20.8. The average Bonchev–Trinajstić information content (AvgIpc) is 3.90. The summed E-state index contributed by atoms with van der Waals surface area (Å²) in [5.74, 6) is 0. The minimum Gasteiger partial charge on any atom is -0.454 e. The third kappa shape index (κ3) is 5.90. The fraction of sp³-hybridized carbons (Fsp3) is 0. The van der Waals surface area contributed by atoms with Crippen molar-refractivity contribution in [3.05, 3.63) is 231 Å². The van der Waals surface area contributed by atoms with Gasteiger partial charge in [0.1, 0.15) is 5.58 Å². The first kappa shape index (κ1) is 34.9. The fourth-order valence-electron chi connectivity index (χ4n) is 9.25. The van der Waals surface area contributed by atoms with Crippen molar-refractivity contribution in [2.45, 2.75) is 0 Å². The molecule has 0 atom stereocenters. The van der Waals surface area contributed by atoms with Crippen LogP contribution in [0.1, 0.15) is 0 Å². The van der Waals surface area contributed by atoms with Crippen molar-refractivity contribution in [3.8, 4) is 39.1 Å². The van der Waals surface area contributed by atoms with Gasteiger partial charge in [0.25, 0.3) is 0 Å². The predicted molar refractivity (Wildman–Crippen MR) is 257 cm³/mol. The third-order valence-corrected chi connectivity index (χ3v) is 12.2. The minimum absolute atomic E-state index is 0.870. The molecule has 0 radical (unpaired) electrons. The second-order valence-corrected chi connectivity index (χ2v) is 15.7. The highest BCUT2D eigenvalue weighted by atomic mass is 16.3. The van der Waals surface area contributed by atoms with Crippen LogP contribution in [0, 0.1) is 0 Å². The van der Waals surface area contributed by atoms with Crippen molar-refractivity contribution < 1.29 is 4.42 Å². The quantitative estimate of drug-likeness (QED) is 0.161. The van der Waals surface area contributed by atoms with Crippen LogP contribution in [0.5, 0.6) is 0 Å². The molecule has 0 saturated heterocycles. The van der Waals surface area contributed by atoms with Gasteiger partial charge in [0, 0.05) is 38.6 Å². The number of anilines is 3. The van der Waals surface area contributed by atoms with Crippen LogP contribution in [0.2, 0.25) is 0 Å². The van der Waals surface area contributed by atoms with E-state index in [1.807, 2.05) is 6.07 Å². The van der Waals surface area contributed by atoms with Crippen molar-refractivity contribution in [2.75, 3.05) is 4.90 Å². The summed E-state index contributed by atoms with van der Waals surface area (Å²) in [7, 11) is 0. The minimum atomic E-state index is 0.870. The van der Waals surface area contributed by atoms with E-state index in [0.29, 0.717) is 0 Å². The molecular formula is C58H38N2O. The van der Waals surface area contributed by atoms with E-state index < -0.39 is 0 Å².